The van der Waals surface area contributed by atoms with E-state index in [1.165, 1.54) is 0 Å². The van der Waals surface area contributed by atoms with Crippen LogP contribution in [-0.4, -0.2) is 39.1 Å². The molecule has 108 valence electrons. The van der Waals surface area contributed by atoms with E-state index in [1.807, 2.05) is 7.05 Å². The molecule has 1 aromatic carbocycles. The molecule has 2 N–H and O–H groups in total. The number of benzene rings is 1. The van der Waals surface area contributed by atoms with Crippen molar-refractivity contribution in [2.24, 2.45) is 7.05 Å². The predicted molar refractivity (Wildman–Crippen MR) is 75.7 cm³/mol. The highest BCUT2D eigenvalue weighted by Crippen LogP contribution is 2.15. The number of halogens is 1. The molecule has 1 aromatic heterocycles. The SMILES string of the molecule is Cn1cnc(CNCC(O)COc2ccc(Cl)cc2)n1. The second kappa shape index (κ2) is 7.23. The molecule has 0 amide bonds. The zero-order valence-corrected chi connectivity index (χ0v) is 11.9. The summed E-state index contributed by atoms with van der Waals surface area (Å²) in [6.07, 6.45) is 1.03. The average Bonchev–Trinajstić information content (AvgIpc) is 2.84. The van der Waals surface area contributed by atoms with Gasteiger partial charge in [0.2, 0.25) is 0 Å². The molecule has 0 aliphatic carbocycles. The summed E-state index contributed by atoms with van der Waals surface area (Å²) >= 11 is 5.77. The summed E-state index contributed by atoms with van der Waals surface area (Å²) in [5, 5.41) is 17.6. The summed E-state index contributed by atoms with van der Waals surface area (Å²) in [6, 6.07) is 7.02. The standard InChI is InChI=1S/C13H17ClN4O2/c1-18-9-16-13(17-18)7-15-6-11(19)8-20-12-4-2-10(14)3-5-12/h2-5,9,11,15,19H,6-8H2,1H3. The van der Waals surface area contributed by atoms with E-state index in [0.717, 1.165) is 0 Å². The van der Waals surface area contributed by atoms with E-state index in [-0.39, 0.29) is 6.61 Å². The highest BCUT2D eigenvalue weighted by molar-refractivity contribution is 6.30. The van der Waals surface area contributed by atoms with Crippen LogP contribution in [0.1, 0.15) is 5.82 Å². The smallest absolute Gasteiger partial charge is 0.164 e. The van der Waals surface area contributed by atoms with Gasteiger partial charge in [0.25, 0.3) is 0 Å². The number of ether oxygens (including phenoxy) is 1. The Morgan fingerprint density at radius 1 is 1.40 bits per heavy atom. The fourth-order valence-electron chi connectivity index (χ4n) is 1.60. The van der Waals surface area contributed by atoms with Crippen LogP contribution in [0.15, 0.2) is 30.6 Å². The third-order valence-electron chi connectivity index (χ3n) is 2.57. The van der Waals surface area contributed by atoms with E-state index in [2.05, 4.69) is 15.4 Å². The molecule has 0 saturated carbocycles. The van der Waals surface area contributed by atoms with Gasteiger partial charge in [-0.2, -0.15) is 5.10 Å². The van der Waals surface area contributed by atoms with Gasteiger partial charge in [0.1, 0.15) is 24.8 Å². The van der Waals surface area contributed by atoms with Gasteiger partial charge in [-0.05, 0) is 24.3 Å². The monoisotopic (exact) mass is 296 g/mol. The van der Waals surface area contributed by atoms with Crippen molar-refractivity contribution >= 4 is 11.6 Å². The molecule has 0 aliphatic heterocycles. The number of aryl methyl sites for hydroxylation is 1. The Labute approximate surface area is 122 Å². The molecular weight excluding hydrogens is 280 g/mol. The molecule has 1 unspecified atom stereocenters. The zero-order chi connectivity index (χ0) is 14.4. The van der Waals surface area contributed by atoms with Crippen molar-refractivity contribution in [3.05, 3.63) is 41.4 Å². The average molecular weight is 297 g/mol. The molecule has 2 aromatic rings. The summed E-state index contributed by atoms with van der Waals surface area (Å²) in [5.41, 5.74) is 0. The van der Waals surface area contributed by atoms with Gasteiger partial charge in [0.15, 0.2) is 5.82 Å². The number of aliphatic hydroxyl groups excluding tert-OH is 1. The third-order valence-corrected chi connectivity index (χ3v) is 2.82. The van der Waals surface area contributed by atoms with E-state index in [4.69, 9.17) is 16.3 Å². The summed E-state index contributed by atoms with van der Waals surface area (Å²) in [5.74, 6) is 1.37. The molecule has 0 fully saturated rings. The number of nitrogens with zero attached hydrogens (tertiary/aromatic N) is 3. The molecule has 20 heavy (non-hydrogen) atoms. The molecule has 0 saturated heterocycles. The van der Waals surface area contributed by atoms with E-state index < -0.39 is 6.10 Å². The van der Waals surface area contributed by atoms with Gasteiger partial charge >= 0.3 is 0 Å². The minimum atomic E-state index is -0.602. The molecular formula is C13H17ClN4O2. The molecule has 1 heterocycles. The topological polar surface area (TPSA) is 72.2 Å². The van der Waals surface area contributed by atoms with Crippen LogP contribution in [0.2, 0.25) is 5.02 Å². The normalized spacial score (nSPS) is 12.3. The lowest BCUT2D eigenvalue weighted by atomic mass is 10.3. The van der Waals surface area contributed by atoms with Gasteiger partial charge in [-0.25, -0.2) is 4.98 Å². The van der Waals surface area contributed by atoms with Crippen LogP contribution >= 0.6 is 11.6 Å². The van der Waals surface area contributed by atoms with Crippen molar-refractivity contribution in [3.63, 3.8) is 0 Å². The van der Waals surface area contributed by atoms with Crippen LogP contribution in [0.25, 0.3) is 0 Å². The number of aliphatic hydroxyl groups is 1. The fraction of sp³-hybridized carbons (Fsp3) is 0.385. The molecule has 0 aliphatic rings. The van der Waals surface area contributed by atoms with Gasteiger partial charge in [-0.15, -0.1) is 0 Å². The molecule has 0 radical (unpaired) electrons. The molecule has 2 rings (SSSR count). The van der Waals surface area contributed by atoms with Crippen molar-refractivity contribution in [1.29, 1.82) is 0 Å². The van der Waals surface area contributed by atoms with Crippen molar-refractivity contribution in [1.82, 2.24) is 20.1 Å². The minimum Gasteiger partial charge on any atom is -0.491 e. The predicted octanol–water partition coefficient (Wildman–Crippen LogP) is 0.998. The summed E-state index contributed by atoms with van der Waals surface area (Å²) in [7, 11) is 1.81. The van der Waals surface area contributed by atoms with Gasteiger partial charge in [0, 0.05) is 18.6 Å². The molecule has 7 heteroatoms. The van der Waals surface area contributed by atoms with Gasteiger partial charge in [-0.1, -0.05) is 11.6 Å². The van der Waals surface area contributed by atoms with Crippen LogP contribution in [0, 0.1) is 0 Å². The highest BCUT2D eigenvalue weighted by atomic mass is 35.5. The number of hydrogen-bond acceptors (Lipinski definition) is 5. The Bertz CT molecular complexity index is 529. The Kier molecular flexibility index (Phi) is 5.34. The maximum absolute atomic E-state index is 9.79. The Balaban J connectivity index is 1.65. The number of rotatable bonds is 7. The number of nitrogens with one attached hydrogen (secondary N) is 1. The second-order valence-electron chi connectivity index (χ2n) is 4.38. The highest BCUT2D eigenvalue weighted by Gasteiger charge is 2.06. The van der Waals surface area contributed by atoms with E-state index in [1.54, 1.807) is 35.3 Å². The van der Waals surface area contributed by atoms with Crippen molar-refractivity contribution in [2.75, 3.05) is 13.2 Å². The summed E-state index contributed by atoms with van der Waals surface area (Å²) in [4.78, 5) is 4.08. The number of aromatic nitrogens is 3. The maximum Gasteiger partial charge on any atom is 0.164 e. The van der Waals surface area contributed by atoms with Crippen molar-refractivity contribution < 1.29 is 9.84 Å². The van der Waals surface area contributed by atoms with Crippen LogP contribution in [-0.2, 0) is 13.6 Å². The Morgan fingerprint density at radius 2 is 2.15 bits per heavy atom. The third kappa shape index (κ3) is 4.80. The Hall–Kier alpha value is -1.63. The first-order chi connectivity index (χ1) is 9.63. The van der Waals surface area contributed by atoms with E-state index in [0.29, 0.717) is 29.7 Å². The van der Waals surface area contributed by atoms with Gasteiger partial charge in [0.05, 0.1) is 6.54 Å². The quantitative estimate of drug-likeness (QED) is 0.797. The fourth-order valence-corrected chi connectivity index (χ4v) is 1.72. The van der Waals surface area contributed by atoms with E-state index in [9.17, 15) is 5.11 Å². The zero-order valence-electron chi connectivity index (χ0n) is 11.2. The molecule has 0 bridgehead atoms. The first kappa shape index (κ1) is 14.8. The summed E-state index contributed by atoms with van der Waals surface area (Å²) in [6.45, 7) is 1.13. The van der Waals surface area contributed by atoms with Crippen molar-refractivity contribution in [2.45, 2.75) is 12.6 Å². The van der Waals surface area contributed by atoms with Gasteiger partial charge in [-0.3, -0.25) is 4.68 Å². The lowest BCUT2D eigenvalue weighted by molar-refractivity contribution is 0.106. The van der Waals surface area contributed by atoms with Crippen LogP contribution in [0.3, 0.4) is 0 Å². The molecule has 0 spiro atoms. The maximum atomic E-state index is 9.79. The van der Waals surface area contributed by atoms with Crippen LogP contribution in [0.4, 0.5) is 0 Å². The van der Waals surface area contributed by atoms with E-state index >= 15 is 0 Å². The largest absolute Gasteiger partial charge is 0.491 e. The lowest BCUT2D eigenvalue weighted by Gasteiger charge is -2.12. The lowest BCUT2D eigenvalue weighted by Crippen LogP contribution is -2.31. The first-order valence-electron chi connectivity index (χ1n) is 6.25. The molecule has 1 atom stereocenters. The van der Waals surface area contributed by atoms with Crippen molar-refractivity contribution in [3.8, 4) is 5.75 Å². The van der Waals surface area contributed by atoms with Gasteiger partial charge < -0.3 is 15.2 Å². The summed E-state index contributed by atoms with van der Waals surface area (Å²) < 4.78 is 7.08. The Morgan fingerprint density at radius 3 is 2.80 bits per heavy atom. The second-order valence-corrected chi connectivity index (χ2v) is 4.82. The first-order valence-corrected chi connectivity index (χ1v) is 6.63. The molecule has 6 nitrogen and oxygen atoms in total. The number of hydrogen-bond donors (Lipinski definition) is 2. The van der Waals surface area contributed by atoms with Crippen LogP contribution < -0.4 is 10.1 Å². The van der Waals surface area contributed by atoms with Crippen LogP contribution in [0.5, 0.6) is 5.75 Å². The minimum absolute atomic E-state index is 0.213.